The van der Waals surface area contributed by atoms with Crippen molar-refractivity contribution >= 4 is 5.69 Å². The Morgan fingerprint density at radius 3 is 2.57 bits per heavy atom. The number of anilines is 1. The zero-order valence-electron chi connectivity index (χ0n) is 11.9. The van der Waals surface area contributed by atoms with Crippen molar-refractivity contribution in [1.82, 2.24) is 5.43 Å². The second-order valence-electron chi connectivity index (χ2n) is 5.02. The first-order chi connectivity index (χ1) is 10.4. The van der Waals surface area contributed by atoms with Crippen molar-refractivity contribution in [3.8, 4) is 0 Å². The summed E-state index contributed by atoms with van der Waals surface area (Å²) >= 11 is 0. The number of hydrazine groups is 1. The summed E-state index contributed by atoms with van der Waals surface area (Å²) in [5.74, 6) is 0. The fourth-order valence-corrected chi connectivity index (χ4v) is 2.30. The first-order valence-corrected chi connectivity index (χ1v) is 7.28. The number of hydrogen-bond acceptors (Lipinski definition) is 4. The molecule has 2 aromatic rings. The van der Waals surface area contributed by atoms with E-state index in [9.17, 15) is 0 Å². The summed E-state index contributed by atoms with van der Waals surface area (Å²) in [5, 5.41) is 0. The first-order valence-electron chi connectivity index (χ1n) is 7.28. The molecule has 1 saturated heterocycles. The van der Waals surface area contributed by atoms with Crippen LogP contribution < -0.4 is 10.9 Å². The number of ether oxygens (including phenoxy) is 2. The highest BCUT2D eigenvalue weighted by Crippen LogP contribution is 2.23. The molecule has 21 heavy (non-hydrogen) atoms. The van der Waals surface area contributed by atoms with Crippen LogP contribution in [0.4, 0.5) is 5.69 Å². The molecular formula is C17H20N2O2. The highest BCUT2D eigenvalue weighted by Gasteiger charge is 2.16. The second-order valence-corrected chi connectivity index (χ2v) is 5.02. The van der Waals surface area contributed by atoms with Crippen molar-refractivity contribution in [2.75, 3.05) is 18.6 Å². The van der Waals surface area contributed by atoms with Gasteiger partial charge in [-0.3, -0.25) is 0 Å². The van der Waals surface area contributed by atoms with Gasteiger partial charge in [-0.2, -0.15) is 0 Å². The summed E-state index contributed by atoms with van der Waals surface area (Å²) < 4.78 is 11.3. The van der Waals surface area contributed by atoms with Crippen LogP contribution in [0.5, 0.6) is 0 Å². The molecule has 0 aromatic heterocycles. The van der Waals surface area contributed by atoms with E-state index in [1.54, 1.807) is 0 Å². The summed E-state index contributed by atoms with van der Waals surface area (Å²) in [7, 11) is 0. The van der Waals surface area contributed by atoms with Crippen LogP contribution in [0.2, 0.25) is 0 Å². The van der Waals surface area contributed by atoms with Gasteiger partial charge < -0.3 is 14.9 Å². The summed E-state index contributed by atoms with van der Waals surface area (Å²) in [5.41, 5.74) is 9.71. The minimum Gasteiger partial charge on any atom is -0.348 e. The zero-order valence-corrected chi connectivity index (χ0v) is 11.9. The lowest BCUT2D eigenvalue weighted by atomic mass is 10.1. The lowest BCUT2D eigenvalue weighted by Gasteiger charge is -2.23. The lowest BCUT2D eigenvalue weighted by molar-refractivity contribution is -0.183. The van der Waals surface area contributed by atoms with Crippen LogP contribution in [0.25, 0.3) is 0 Å². The molecule has 4 heteroatoms. The Bertz CT molecular complexity index is 554. The van der Waals surface area contributed by atoms with Crippen LogP contribution in [0, 0.1) is 0 Å². The Morgan fingerprint density at radius 2 is 1.76 bits per heavy atom. The summed E-state index contributed by atoms with van der Waals surface area (Å²) in [4.78, 5) is 0. The van der Waals surface area contributed by atoms with Gasteiger partial charge in [0.05, 0.1) is 13.2 Å². The third-order valence-electron chi connectivity index (χ3n) is 3.35. The van der Waals surface area contributed by atoms with Gasteiger partial charge in [0.15, 0.2) is 6.29 Å². The Kier molecular flexibility index (Phi) is 4.84. The van der Waals surface area contributed by atoms with Crippen molar-refractivity contribution in [2.24, 2.45) is 0 Å². The van der Waals surface area contributed by atoms with Gasteiger partial charge in [0.25, 0.3) is 0 Å². The van der Waals surface area contributed by atoms with Gasteiger partial charge in [-0.15, -0.1) is 0 Å². The number of benzene rings is 2. The smallest absolute Gasteiger partial charge is 0.183 e. The molecule has 2 aromatic carbocycles. The predicted octanol–water partition coefficient (Wildman–Crippen LogP) is 3.24. The third-order valence-corrected chi connectivity index (χ3v) is 3.35. The lowest BCUT2D eigenvalue weighted by Crippen LogP contribution is -2.21. The molecule has 0 amide bonds. The maximum absolute atomic E-state index is 5.63. The largest absolute Gasteiger partial charge is 0.348 e. The van der Waals surface area contributed by atoms with Gasteiger partial charge in [0.1, 0.15) is 0 Å². The minimum atomic E-state index is -0.221. The highest BCUT2D eigenvalue weighted by atomic mass is 16.7. The molecule has 3 rings (SSSR count). The quantitative estimate of drug-likeness (QED) is 0.827. The maximum Gasteiger partial charge on any atom is 0.183 e. The van der Waals surface area contributed by atoms with Gasteiger partial charge in [-0.05, 0) is 30.2 Å². The standard InChI is InChI=1S/C17H20N2O2/c1-2-8-16(9-3-1)19-18-13-14-6-4-7-15(12-14)17-20-10-5-11-21-17/h1-4,6-9,12,17-19H,5,10-11,13H2. The molecule has 110 valence electrons. The monoisotopic (exact) mass is 284 g/mol. The molecule has 0 radical (unpaired) electrons. The molecule has 0 atom stereocenters. The second kappa shape index (κ2) is 7.22. The summed E-state index contributed by atoms with van der Waals surface area (Å²) in [6.45, 7) is 2.26. The van der Waals surface area contributed by atoms with Gasteiger partial charge >= 0.3 is 0 Å². The van der Waals surface area contributed by atoms with E-state index >= 15 is 0 Å². The predicted molar refractivity (Wildman–Crippen MR) is 82.6 cm³/mol. The molecule has 1 fully saturated rings. The van der Waals surface area contributed by atoms with E-state index < -0.39 is 0 Å². The van der Waals surface area contributed by atoms with Crippen molar-refractivity contribution < 1.29 is 9.47 Å². The molecule has 4 nitrogen and oxygen atoms in total. The van der Waals surface area contributed by atoms with Gasteiger partial charge in [0.2, 0.25) is 0 Å². The fourth-order valence-electron chi connectivity index (χ4n) is 2.30. The maximum atomic E-state index is 5.63. The normalized spacial score (nSPS) is 15.8. The van der Waals surface area contributed by atoms with Crippen molar-refractivity contribution in [3.05, 3.63) is 65.7 Å². The van der Waals surface area contributed by atoms with E-state index in [1.165, 1.54) is 5.56 Å². The Labute approximate surface area is 125 Å². The summed E-state index contributed by atoms with van der Waals surface area (Å²) in [6.07, 6.45) is 0.749. The topological polar surface area (TPSA) is 42.5 Å². The van der Waals surface area contributed by atoms with Gasteiger partial charge in [-0.25, -0.2) is 5.43 Å². The average molecular weight is 284 g/mol. The van der Waals surface area contributed by atoms with Crippen molar-refractivity contribution in [2.45, 2.75) is 19.3 Å². The third kappa shape index (κ3) is 4.04. The van der Waals surface area contributed by atoms with Crippen LogP contribution in [0.15, 0.2) is 54.6 Å². The Morgan fingerprint density at radius 1 is 0.952 bits per heavy atom. The van der Waals surface area contributed by atoms with Crippen LogP contribution >= 0.6 is 0 Å². The highest BCUT2D eigenvalue weighted by molar-refractivity contribution is 5.41. The van der Waals surface area contributed by atoms with E-state index in [0.717, 1.165) is 37.4 Å². The zero-order chi connectivity index (χ0) is 14.3. The molecule has 1 aliphatic heterocycles. The van der Waals surface area contributed by atoms with E-state index in [0.29, 0.717) is 0 Å². The molecule has 0 spiro atoms. The first kappa shape index (κ1) is 14.1. The van der Waals surface area contributed by atoms with Crippen molar-refractivity contribution in [3.63, 3.8) is 0 Å². The molecule has 0 unspecified atom stereocenters. The minimum absolute atomic E-state index is 0.221. The van der Waals surface area contributed by atoms with E-state index in [4.69, 9.17) is 9.47 Å². The van der Waals surface area contributed by atoms with E-state index in [2.05, 4.69) is 23.0 Å². The molecular weight excluding hydrogens is 264 g/mol. The van der Waals surface area contributed by atoms with Crippen LogP contribution in [0.3, 0.4) is 0 Å². The van der Waals surface area contributed by atoms with Gasteiger partial charge in [0, 0.05) is 17.8 Å². The summed E-state index contributed by atoms with van der Waals surface area (Å²) in [6, 6.07) is 18.3. The SMILES string of the molecule is c1ccc(NNCc2cccc(C3OCCCO3)c2)cc1. The van der Waals surface area contributed by atoms with Crippen LogP contribution in [0.1, 0.15) is 23.8 Å². The average Bonchev–Trinajstić information content (AvgIpc) is 2.57. The molecule has 0 aliphatic carbocycles. The molecule has 0 saturated carbocycles. The fraction of sp³-hybridized carbons (Fsp3) is 0.294. The van der Waals surface area contributed by atoms with Crippen LogP contribution in [-0.2, 0) is 16.0 Å². The number of rotatable bonds is 5. The Balaban J connectivity index is 1.55. The molecule has 1 aliphatic rings. The Hall–Kier alpha value is -1.88. The van der Waals surface area contributed by atoms with Gasteiger partial charge in [-0.1, -0.05) is 36.4 Å². The number of para-hydroxylation sites is 1. The van der Waals surface area contributed by atoms with E-state index in [-0.39, 0.29) is 6.29 Å². The molecule has 2 N–H and O–H groups in total. The van der Waals surface area contributed by atoms with Crippen molar-refractivity contribution in [1.29, 1.82) is 0 Å². The molecule has 0 bridgehead atoms. The van der Waals surface area contributed by atoms with E-state index in [1.807, 2.05) is 42.5 Å². The van der Waals surface area contributed by atoms with Crippen LogP contribution in [-0.4, -0.2) is 13.2 Å². The number of nitrogens with one attached hydrogen (secondary N) is 2. The number of hydrogen-bond donors (Lipinski definition) is 2. The molecule has 1 heterocycles.